The van der Waals surface area contributed by atoms with Gasteiger partial charge in [-0.15, -0.1) is 0 Å². The molecule has 80 heavy (non-hydrogen) atoms. The van der Waals surface area contributed by atoms with Crippen LogP contribution in [0.25, 0.3) is 0 Å². The quantitative estimate of drug-likeness (QED) is 0.0387. The molecule has 0 aromatic heterocycles. The van der Waals surface area contributed by atoms with Gasteiger partial charge in [-0.3, -0.25) is 38.4 Å². The van der Waals surface area contributed by atoms with Gasteiger partial charge in [0.05, 0.1) is 33.0 Å². The lowest BCUT2D eigenvalue weighted by molar-refractivity contribution is -0.144. The number of aliphatic hydroxyl groups is 1. The summed E-state index contributed by atoms with van der Waals surface area (Å²) >= 11 is 0. The summed E-state index contributed by atoms with van der Waals surface area (Å²) in [5.74, 6) is -8.37. The van der Waals surface area contributed by atoms with Gasteiger partial charge in [0, 0.05) is 64.1 Å². The highest BCUT2D eigenvalue weighted by atomic mass is 16.5. The second-order valence-corrected chi connectivity index (χ2v) is 19.7. The average molecular weight is 1150 g/mol. The lowest BCUT2D eigenvalue weighted by Gasteiger charge is -2.18. The summed E-state index contributed by atoms with van der Waals surface area (Å²) in [6, 6.07) is -4.39. The molecule has 5 amide bonds. The van der Waals surface area contributed by atoms with Gasteiger partial charge in [-0.2, -0.15) is 0 Å². The first-order valence-electron chi connectivity index (χ1n) is 28.7. The van der Waals surface area contributed by atoms with E-state index in [1.807, 2.05) is 6.92 Å². The first-order valence-corrected chi connectivity index (χ1v) is 28.7. The highest BCUT2D eigenvalue weighted by molar-refractivity contribution is 5.88. The van der Waals surface area contributed by atoms with Gasteiger partial charge >= 0.3 is 23.9 Å². The molecule has 0 saturated heterocycles. The zero-order valence-electron chi connectivity index (χ0n) is 47.2. The van der Waals surface area contributed by atoms with E-state index in [9.17, 15) is 68.1 Å². The molecule has 0 bridgehead atoms. The van der Waals surface area contributed by atoms with E-state index in [0.717, 1.165) is 70.6 Å². The van der Waals surface area contributed by atoms with Gasteiger partial charge in [0.1, 0.15) is 43.7 Å². The number of Topliss-reactive ketones (excluding diaryl/α,β-unsaturated/α-hetero) is 2. The number of ketones is 2. The number of ether oxygens (including phenoxy) is 4. The fourth-order valence-electron chi connectivity index (χ4n) is 8.21. The van der Waals surface area contributed by atoms with Crippen molar-refractivity contribution in [3.63, 3.8) is 0 Å². The van der Waals surface area contributed by atoms with Crippen LogP contribution in [0.3, 0.4) is 0 Å². The largest absolute Gasteiger partial charge is 0.481 e. The summed E-state index contributed by atoms with van der Waals surface area (Å²) in [6.07, 6.45) is 15.7. The summed E-state index contributed by atoms with van der Waals surface area (Å²) in [5, 5.41) is 58.9. The first kappa shape index (κ1) is 74.4. The summed E-state index contributed by atoms with van der Waals surface area (Å²) in [6.45, 7) is 2.84. The van der Waals surface area contributed by atoms with E-state index in [-0.39, 0.29) is 127 Å². The van der Waals surface area contributed by atoms with Gasteiger partial charge in [0.15, 0.2) is 5.78 Å². The Labute approximate surface area is 470 Å². The Morgan fingerprint density at radius 1 is 0.375 bits per heavy atom. The minimum absolute atomic E-state index is 0.0666. The number of carboxylic acid groups (broad SMARTS) is 4. The normalized spacial score (nSPS) is 12.6. The number of rotatable bonds is 57. The number of aliphatic hydroxyl groups excluding tert-OH is 1. The SMILES string of the molecule is CC[C@@H](CCCCNC(=O)COCCOCCNC(=O)COCCOCCCC(=O)CC[C@H](NC(=O)CC[C@H](NC(=O)CC[C@H](NC(=O)CCCCCCCCCCCCCCCCC(=O)O)C(=O)O)C(=O)O)C(=O)O)C(=O)CO. The Bertz CT molecular complexity index is 1800. The molecule has 0 saturated carbocycles. The molecule has 0 aliphatic carbocycles. The van der Waals surface area contributed by atoms with Crippen LogP contribution in [0.1, 0.15) is 187 Å². The third-order valence-electron chi connectivity index (χ3n) is 12.9. The first-order chi connectivity index (χ1) is 38.4. The van der Waals surface area contributed by atoms with E-state index < -0.39 is 85.6 Å². The average Bonchev–Trinajstić information content (AvgIpc) is 3.41. The molecule has 0 radical (unpaired) electrons. The molecule has 25 heteroatoms. The lowest BCUT2D eigenvalue weighted by Crippen LogP contribution is -2.45. The van der Waals surface area contributed by atoms with Crippen molar-refractivity contribution < 1.29 is 97.2 Å². The van der Waals surface area contributed by atoms with Gasteiger partial charge in [0.25, 0.3) is 0 Å². The van der Waals surface area contributed by atoms with Crippen molar-refractivity contribution in [2.75, 3.05) is 72.6 Å². The molecule has 0 spiro atoms. The van der Waals surface area contributed by atoms with Crippen molar-refractivity contribution in [3.05, 3.63) is 0 Å². The summed E-state index contributed by atoms with van der Waals surface area (Å²) in [4.78, 5) is 132. The number of carbonyl (C=O) groups excluding carboxylic acids is 7. The molecular weight excluding hydrogens is 1050 g/mol. The summed E-state index contributed by atoms with van der Waals surface area (Å²) in [7, 11) is 0. The maximum atomic E-state index is 12.6. The minimum atomic E-state index is -1.56. The number of carbonyl (C=O) groups is 11. The number of amides is 5. The molecule has 460 valence electrons. The number of nitrogens with one attached hydrogen (secondary N) is 5. The van der Waals surface area contributed by atoms with Gasteiger partial charge in [-0.25, -0.2) is 14.4 Å². The van der Waals surface area contributed by atoms with Crippen LogP contribution in [-0.2, 0) is 71.7 Å². The minimum Gasteiger partial charge on any atom is -0.481 e. The third kappa shape index (κ3) is 45.1. The Morgan fingerprint density at radius 2 is 0.775 bits per heavy atom. The van der Waals surface area contributed by atoms with Crippen molar-refractivity contribution >= 4 is 65.0 Å². The summed E-state index contributed by atoms with van der Waals surface area (Å²) in [5.41, 5.74) is 0. The van der Waals surface area contributed by atoms with Crippen LogP contribution in [0.5, 0.6) is 0 Å². The molecular formula is C55H95N5O20. The lowest BCUT2D eigenvalue weighted by atomic mass is 9.95. The third-order valence-corrected chi connectivity index (χ3v) is 12.9. The van der Waals surface area contributed by atoms with E-state index in [1.165, 1.54) is 19.3 Å². The number of aliphatic carboxylic acids is 4. The molecule has 10 N–H and O–H groups in total. The van der Waals surface area contributed by atoms with Gasteiger partial charge in [0.2, 0.25) is 29.5 Å². The molecule has 0 aromatic carbocycles. The molecule has 4 atom stereocenters. The van der Waals surface area contributed by atoms with E-state index in [4.69, 9.17) is 29.2 Å². The highest BCUT2D eigenvalue weighted by Crippen LogP contribution is 2.15. The molecule has 0 fully saturated rings. The zero-order chi connectivity index (χ0) is 59.6. The van der Waals surface area contributed by atoms with Crippen molar-refractivity contribution in [2.24, 2.45) is 5.92 Å². The topological polar surface area (TPSA) is 386 Å². The van der Waals surface area contributed by atoms with Crippen LogP contribution >= 0.6 is 0 Å². The van der Waals surface area contributed by atoms with E-state index in [1.54, 1.807) is 0 Å². The number of hydrogen-bond acceptors (Lipinski definition) is 16. The van der Waals surface area contributed by atoms with Gasteiger partial charge < -0.3 is 71.1 Å². The van der Waals surface area contributed by atoms with Crippen LogP contribution in [-0.4, -0.2) is 181 Å². The maximum absolute atomic E-state index is 12.6. The van der Waals surface area contributed by atoms with E-state index in [0.29, 0.717) is 38.6 Å². The molecule has 0 rings (SSSR count). The van der Waals surface area contributed by atoms with Crippen LogP contribution in [0.2, 0.25) is 0 Å². The van der Waals surface area contributed by atoms with Gasteiger partial charge in [-0.05, 0) is 57.8 Å². The predicted molar refractivity (Wildman–Crippen MR) is 291 cm³/mol. The Kier molecular flexibility index (Phi) is 46.8. The molecule has 0 aromatic rings. The fourth-order valence-corrected chi connectivity index (χ4v) is 8.21. The summed E-state index contributed by atoms with van der Waals surface area (Å²) < 4.78 is 21.4. The van der Waals surface area contributed by atoms with Crippen LogP contribution < -0.4 is 26.6 Å². The second-order valence-electron chi connectivity index (χ2n) is 19.7. The highest BCUT2D eigenvalue weighted by Gasteiger charge is 2.26. The smallest absolute Gasteiger partial charge is 0.326 e. The van der Waals surface area contributed by atoms with Gasteiger partial charge in [-0.1, -0.05) is 90.4 Å². The number of unbranched alkanes of at least 4 members (excludes halogenated alkanes) is 14. The van der Waals surface area contributed by atoms with E-state index in [2.05, 4.69) is 26.6 Å². The predicted octanol–water partition coefficient (Wildman–Crippen LogP) is 3.77. The number of hydrogen-bond donors (Lipinski definition) is 10. The van der Waals surface area contributed by atoms with Crippen LogP contribution in [0, 0.1) is 5.92 Å². The van der Waals surface area contributed by atoms with E-state index >= 15 is 0 Å². The molecule has 25 nitrogen and oxygen atoms in total. The zero-order valence-corrected chi connectivity index (χ0v) is 47.2. The Balaban J connectivity index is 4.14. The van der Waals surface area contributed by atoms with Crippen LogP contribution in [0.15, 0.2) is 0 Å². The van der Waals surface area contributed by atoms with Crippen molar-refractivity contribution in [1.82, 2.24) is 26.6 Å². The monoisotopic (exact) mass is 1150 g/mol. The number of carboxylic acids is 4. The van der Waals surface area contributed by atoms with Crippen molar-refractivity contribution in [1.29, 1.82) is 0 Å². The van der Waals surface area contributed by atoms with Crippen LogP contribution in [0.4, 0.5) is 0 Å². The Hall–Kier alpha value is -5.63. The second kappa shape index (κ2) is 50.3. The molecule has 0 aliphatic heterocycles. The van der Waals surface area contributed by atoms with Crippen molar-refractivity contribution in [2.45, 2.75) is 205 Å². The van der Waals surface area contributed by atoms with Crippen molar-refractivity contribution in [3.8, 4) is 0 Å². The molecule has 0 heterocycles. The molecule has 0 unspecified atom stereocenters. The maximum Gasteiger partial charge on any atom is 0.326 e. The standard InChI is InChI=1S/C55H95N5O20/c1-2-41(46(63)38-61)20-17-18-30-56-50(67)39-80-37-35-78-33-31-57-51(68)40-79-36-34-77-32-19-21-42(62)24-25-43(53(71)72)59-48(65)29-27-45(55(75)76)60-49(66)28-26-44(54(73)74)58-47(64)22-15-13-11-9-7-5-3-4-6-8-10-12-14-16-23-52(69)70/h41,43-45,61H,2-40H2,1H3,(H,56,67)(H,57,68)(H,58,64)(H,59,65)(H,60,66)(H,69,70)(H,71,72)(H,73,74)(H,75,76)/t41-,43-,44-,45-/m0/s1. The molecule has 0 aliphatic rings. The fraction of sp³-hybridized carbons (Fsp3) is 0.800. The Morgan fingerprint density at radius 3 is 1.21 bits per heavy atom.